The van der Waals surface area contributed by atoms with E-state index in [1.54, 1.807) is 32.4 Å². The van der Waals surface area contributed by atoms with Gasteiger partial charge in [0, 0.05) is 23.7 Å². The first-order chi connectivity index (χ1) is 14.0. The molecule has 7 heteroatoms. The second-order valence-electron chi connectivity index (χ2n) is 6.28. The van der Waals surface area contributed by atoms with Crippen LogP contribution in [0, 0.1) is 0 Å². The molecule has 0 radical (unpaired) electrons. The second-order valence-corrected chi connectivity index (χ2v) is 7.73. The maximum Gasteiger partial charge on any atom is 0.266 e. The van der Waals surface area contributed by atoms with Gasteiger partial charge in [-0.2, -0.15) is 0 Å². The number of carbonyl (C=O) groups is 1. The predicted octanol–water partition coefficient (Wildman–Crippen LogP) is 5.84. The summed E-state index contributed by atoms with van der Waals surface area (Å²) in [6, 6.07) is 18.5. The van der Waals surface area contributed by atoms with Crippen LogP contribution in [0.3, 0.4) is 0 Å². The Bertz CT molecular complexity index is 1120. The highest BCUT2D eigenvalue weighted by Gasteiger charge is 2.30. The molecule has 1 saturated heterocycles. The topological polar surface area (TPSA) is 55.0 Å². The Kier molecular flexibility index (Phi) is 5.47. The standard InChI is InChI=1S/C22H17ClN2O3S/c1-25-21(26)20(29-22(25)24-16-8-6-15(23)7-9-16)13-18-10-11-19(28-18)14-4-3-5-17(12-14)27-2/h3-13H,1-2H3/b20-13-,24-22+. The molecule has 0 atom stereocenters. The number of halogens is 1. The summed E-state index contributed by atoms with van der Waals surface area (Å²) in [5.41, 5.74) is 1.64. The molecule has 1 amide bonds. The largest absolute Gasteiger partial charge is 0.497 e. The molecule has 2 heterocycles. The number of ether oxygens (including phenoxy) is 1. The molecule has 4 rings (SSSR count). The third-order valence-electron chi connectivity index (χ3n) is 4.31. The van der Waals surface area contributed by atoms with Gasteiger partial charge in [-0.3, -0.25) is 9.69 Å². The molecule has 0 saturated carbocycles. The van der Waals surface area contributed by atoms with E-state index in [1.165, 1.54) is 16.7 Å². The molecule has 2 aromatic carbocycles. The zero-order valence-corrected chi connectivity index (χ0v) is 17.3. The van der Waals surface area contributed by atoms with Gasteiger partial charge in [-0.25, -0.2) is 4.99 Å². The summed E-state index contributed by atoms with van der Waals surface area (Å²) in [5, 5.41) is 1.24. The number of aliphatic imine (C=N–C) groups is 1. The summed E-state index contributed by atoms with van der Waals surface area (Å²) in [6.07, 6.45) is 1.73. The SMILES string of the molecule is COc1cccc(-c2ccc(/C=C3\S/C(=N/c4ccc(Cl)cc4)N(C)C3=O)o2)c1. The number of methoxy groups -OCH3 is 1. The summed E-state index contributed by atoms with van der Waals surface area (Å²) in [5.74, 6) is 1.93. The van der Waals surface area contributed by atoms with E-state index in [2.05, 4.69) is 4.99 Å². The van der Waals surface area contributed by atoms with Crippen molar-refractivity contribution in [3.63, 3.8) is 0 Å². The van der Waals surface area contributed by atoms with Crippen LogP contribution in [0.5, 0.6) is 5.75 Å². The van der Waals surface area contributed by atoms with E-state index >= 15 is 0 Å². The molecular weight excluding hydrogens is 408 g/mol. The van der Waals surface area contributed by atoms with E-state index in [-0.39, 0.29) is 5.91 Å². The van der Waals surface area contributed by atoms with Gasteiger partial charge in [-0.1, -0.05) is 23.7 Å². The van der Waals surface area contributed by atoms with Crippen molar-refractivity contribution in [3.8, 4) is 17.1 Å². The maximum atomic E-state index is 12.6. The Labute approximate surface area is 177 Å². The van der Waals surface area contributed by atoms with Gasteiger partial charge >= 0.3 is 0 Å². The highest BCUT2D eigenvalue weighted by atomic mass is 35.5. The maximum absolute atomic E-state index is 12.6. The molecule has 1 aliphatic heterocycles. The zero-order chi connectivity index (χ0) is 20.4. The van der Waals surface area contributed by atoms with Crippen LogP contribution < -0.4 is 4.74 Å². The minimum absolute atomic E-state index is 0.123. The average molecular weight is 425 g/mol. The fourth-order valence-electron chi connectivity index (χ4n) is 2.77. The average Bonchev–Trinajstić information content (AvgIpc) is 3.31. The van der Waals surface area contributed by atoms with Gasteiger partial charge in [-0.15, -0.1) is 0 Å². The molecule has 0 N–H and O–H groups in total. The van der Waals surface area contributed by atoms with Gasteiger partial charge in [0.25, 0.3) is 5.91 Å². The van der Waals surface area contributed by atoms with Crippen molar-refractivity contribution in [2.24, 2.45) is 4.99 Å². The van der Waals surface area contributed by atoms with Gasteiger partial charge in [0.15, 0.2) is 5.17 Å². The van der Waals surface area contributed by atoms with Crippen molar-refractivity contribution in [1.82, 2.24) is 4.90 Å². The van der Waals surface area contributed by atoms with E-state index in [0.29, 0.717) is 26.6 Å². The van der Waals surface area contributed by atoms with Crippen LogP contribution in [-0.2, 0) is 4.79 Å². The molecule has 0 spiro atoms. The van der Waals surface area contributed by atoms with Crippen LogP contribution >= 0.6 is 23.4 Å². The van der Waals surface area contributed by atoms with Crippen LogP contribution in [-0.4, -0.2) is 30.1 Å². The second kappa shape index (κ2) is 8.19. The van der Waals surface area contributed by atoms with E-state index in [9.17, 15) is 4.79 Å². The molecule has 5 nitrogen and oxygen atoms in total. The monoisotopic (exact) mass is 424 g/mol. The molecule has 0 unspecified atom stereocenters. The Hall–Kier alpha value is -2.96. The smallest absolute Gasteiger partial charge is 0.266 e. The van der Waals surface area contributed by atoms with Crippen molar-refractivity contribution in [2.45, 2.75) is 0 Å². The number of nitrogens with zero attached hydrogens (tertiary/aromatic N) is 2. The van der Waals surface area contributed by atoms with Gasteiger partial charge < -0.3 is 9.15 Å². The molecule has 0 bridgehead atoms. The van der Waals surface area contributed by atoms with Crippen molar-refractivity contribution < 1.29 is 13.9 Å². The molecule has 146 valence electrons. The van der Waals surface area contributed by atoms with Gasteiger partial charge in [0.1, 0.15) is 17.3 Å². The van der Waals surface area contributed by atoms with Crippen molar-refractivity contribution in [2.75, 3.05) is 14.2 Å². The lowest BCUT2D eigenvalue weighted by Gasteiger charge is -2.06. The lowest BCUT2D eigenvalue weighted by molar-refractivity contribution is -0.121. The molecular formula is C22H17ClN2O3S. The third kappa shape index (κ3) is 4.23. The third-order valence-corrected chi connectivity index (χ3v) is 5.62. The van der Waals surface area contributed by atoms with Gasteiger partial charge in [0.2, 0.25) is 0 Å². The number of furan rings is 1. The molecule has 29 heavy (non-hydrogen) atoms. The van der Waals surface area contributed by atoms with E-state index in [4.69, 9.17) is 20.8 Å². The van der Waals surface area contributed by atoms with E-state index < -0.39 is 0 Å². The Balaban J connectivity index is 1.58. The number of amidine groups is 1. The number of benzene rings is 2. The highest BCUT2D eigenvalue weighted by molar-refractivity contribution is 8.18. The van der Waals surface area contributed by atoms with E-state index in [0.717, 1.165) is 17.0 Å². The number of rotatable bonds is 4. The quantitative estimate of drug-likeness (QED) is 0.493. The van der Waals surface area contributed by atoms with Crippen molar-refractivity contribution >= 4 is 46.2 Å². The minimum atomic E-state index is -0.123. The fourth-order valence-corrected chi connectivity index (χ4v) is 3.86. The molecule has 1 aliphatic rings. The van der Waals surface area contributed by atoms with Crippen molar-refractivity contribution in [3.05, 3.63) is 76.4 Å². The lowest BCUT2D eigenvalue weighted by atomic mass is 10.2. The first-order valence-corrected chi connectivity index (χ1v) is 9.99. The Morgan fingerprint density at radius 2 is 1.93 bits per heavy atom. The molecule has 1 aromatic heterocycles. The predicted molar refractivity (Wildman–Crippen MR) is 118 cm³/mol. The first-order valence-electron chi connectivity index (χ1n) is 8.79. The number of thioether (sulfide) groups is 1. The summed E-state index contributed by atoms with van der Waals surface area (Å²) >= 11 is 7.22. The highest BCUT2D eigenvalue weighted by Crippen LogP contribution is 2.34. The number of amides is 1. The number of hydrogen-bond donors (Lipinski definition) is 0. The number of hydrogen-bond acceptors (Lipinski definition) is 5. The fraction of sp³-hybridized carbons (Fsp3) is 0.0909. The van der Waals surface area contributed by atoms with Crippen LogP contribution in [0.1, 0.15) is 5.76 Å². The summed E-state index contributed by atoms with van der Waals surface area (Å²) < 4.78 is 11.2. The van der Waals surface area contributed by atoms with Gasteiger partial charge in [-0.05, 0) is 60.3 Å². The molecule has 1 fully saturated rings. The normalized spacial score (nSPS) is 16.8. The molecule has 0 aliphatic carbocycles. The van der Waals surface area contributed by atoms with E-state index in [1.807, 2.05) is 48.5 Å². The summed E-state index contributed by atoms with van der Waals surface area (Å²) in [7, 11) is 3.33. The minimum Gasteiger partial charge on any atom is -0.497 e. The summed E-state index contributed by atoms with van der Waals surface area (Å²) in [6.45, 7) is 0. The van der Waals surface area contributed by atoms with Crippen molar-refractivity contribution in [1.29, 1.82) is 0 Å². The first kappa shape index (κ1) is 19.4. The number of likely N-dealkylation sites (N-methyl/N-ethyl adjacent to an activating group) is 1. The Morgan fingerprint density at radius 1 is 1.14 bits per heavy atom. The van der Waals surface area contributed by atoms with Crippen LogP contribution in [0.4, 0.5) is 5.69 Å². The van der Waals surface area contributed by atoms with Crippen LogP contribution in [0.25, 0.3) is 17.4 Å². The molecule has 3 aromatic rings. The van der Waals surface area contributed by atoms with Gasteiger partial charge in [0.05, 0.1) is 17.7 Å². The lowest BCUT2D eigenvalue weighted by Crippen LogP contribution is -2.23. The Morgan fingerprint density at radius 3 is 2.69 bits per heavy atom. The number of carbonyl (C=O) groups excluding carboxylic acids is 1. The zero-order valence-electron chi connectivity index (χ0n) is 15.8. The van der Waals surface area contributed by atoms with Crippen LogP contribution in [0.15, 0.2) is 75.0 Å². The summed E-state index contributed by atoms with van der Waals surface area (Å²) in [4.78, 5) is 19.2. The van der Waals surface area contributed by atoms with Crippen LogP contribution in [0.2, 0.25) is 5.02 Å².